The Morgan fingerprint density at radius 2 is 2.03 bits per heavy atom. The first-order valence-electron chi connectivity index (χ1n) is 10.4. The second kappa shape index (κ2) is 7.93. The highest BCUT2D eigenvalue weighted by molar-refractivity contribution is 6.30. The van der Waals surface area contributed by atoms with Crippen LogP contribution in [0, 0.1) is 5.82 Å². The molecule has 0 bridgehead atoms. The third kappa shape index (κ3) is 3.64. The van der Waals surface area contributed by atoms with Gasteiger partial charge in [0.25, 0.3) is 0 Å². The second-order valence-corrected chi connectivity index (χ2v) is 8.91. The predicted octanol–water partition coefficient (Wildman–Crippen LogP) is 3.81. The number of benzene rings is 1. The Kier molecular flexibility index (Phi) is 5.34. The van der Waals surface area contributed by atoms with Crippen LogP contribution in [0.25, 0.3) is 11.0 Å². The number of halogens is 2. The summed E-state index contributed by atoms with van der Waals surface area (Å²) in [5, 5.41) is 18.5. The maximum absolute atomic E-state index is 14.2. The molecule has 0 spiro atoms. The predicted molar refractivity (Wildman–Crippen MR) is 116 cm³/mol. The average molecular weight is 463 g/mol. The van der Waals surface area contributed by atoms with Crippen LogP contribution >= 0.6 is 11.6 Å². The normalized spacial score (nSPS) is 27.6. The van der Waals surface area contributed by atoms with E-state index in [9.17, 15) is 9.50 Å². The fourth-order valence-electron chi connectivity index (χ4n) is 4.43. The van der Waals surface area contributed by atoms with E-state index in [1.165, 1.54) is 6.07 Å². The van der Waals surface area contributed by atoms with Crippen LogP contribution in [-0.4, -0.2) is 50.6 Å². The Bertz CT molecular complexity index is 1160. The third-order valence-corrected chi connectivity index (χ3v) is 6.02. The summed E-state index contributed by atoms with van der Waals surface area (Å²) in [4.78, 5) is 4.45. The highest BCUT2D eigenvalue weighted by atomic mass is 35.5. The molecule has 0 radical (unpaired) electrons. The molecule has 0 amide bonds. The van der Waals surface area contributed by atoms with Gasteiger partial charge in [0, 0.05) is 5.56 Å². The number of rotatable bonds is 5. The zero-order chi connectivity index (χ0) is 22.6. The van der Waals surface area contributed by atoms with Gasteiger partial charge in [0.05, 0.1) is 29.9 Å². The number of aromatic nitrogens is 3. The molecule has 5 atom stereocenters. The molecule has 10 heteroatoms. The summed E-state index contributed by atoms with van der Waals surface area (Å²) in [6.45, 7) is 5.29. The lowest BCUT2D eigenvalue weighted by atomic mass is 10.1. The van der Waals surface area contributed by atoms with Crippen LogP contribution in [-0.2, 0) is 14.2 Å². The number of aliphatic hydroxyl groups is 1. The SMILES string of the molecule is CC(Nc1cc(Cl)nc2c1cnn2[C@@H]1O[C@H](CO)[C@H]2OC(C)(C)O[C@H]21)c1ccccc1F. The first kappa shape index (κ1) is 21.5. The number of pyridine rings is 1. The Labute approximate surface area is 189 Å². The number of fused-ring (bicyclic) bond motifs is 2. The minimum absolute atomic E-state index is 0.211. The highest BCUT2D eigenvalue weighted by Gasteiger charge is 2.56. The van der Waals surface area contributed by atoms with E-state index in [-0.39, 0.29) is 23.6 Å². The van der Waals surface area contributed by atoms with Crippen molar-refractivity contribution >= 4 is 28.3 Å². The lowest BCUT2D eigenvalue weighted by molar-refractivity contribution is -0.201. The van der Waals surface area contributed by atoms with Gasteiger partial charge in [0.2, 0.25) is 0 Å². The molecule has 8 nitrogen and oxygen atoms in total. The van der Waals surface area contributed by atoms with Crippen LogP contribution in [0.15, 0.2) is 36.5 Å². The van der Waals surface area contributed by atoms with E-state index >= 15 is 0 Å². The monoisotopic (exact) mass is 462 g/mol. The van der Waals surface area contributed by atoms with Crippen molar-refractivity contribution in [2.45, 2.75) is 57.1 Å². The molecule has 0 aliphatic carbocycles. The minimum atomic E-state index is -0.805. The molecule has 2 N–H and O–H groups in total. The number of nitrogens with one attached hydrogen (secondary N) is 1. The zero-order valence-corrected chi connectivity index (χ0v) is 18.6. The summed E-state index contributed by atoms with van der Waals surface area (Å²) in [6, 6.07) is 7.97. The van der Waals surface area contributed by atoms with Gasteiger partial charge in [-0.1, -0.05) is 29.8 Å². The quantitative estimate of drug-likeness (QED) is 0.557. The van der Waals surface area contributed by atoms with Crippen LogP contribution < -0.4 is 5.32 Å². The van der Waals surface area contributed by atoms with Gasteiger partial charge in [-0.3, -0.25) is 0 Å². The molecule has 2 fully saturated rings. The smallest absolute Gasteiger partial charge is 0.181 e. The summed E-state index contributed by atoms with van der Waals surface area (Å²) in [6.07, 6.45) is -0.458. The van der Waals surface area contributed by atoms with Crippen molar-refractivity contribution in [1.29, 1.82) is 0 Å². The van der Waals surface area contributed by atoms with Crippen molar-refractivity contribution in [3.8, 4) is 0 Å². The second-order valence-electron chi connectivity index (χ2n) is 8.52. The zero-order valence-electron chi connectivity index (χ0n) is 17.8. The number of nitrogens with zero attached hydrogens (tertiary/aromatic N) is 3. The number of anilines is 1. The standard InChI is InChI=1S/C22H24ClFN4O4/c1-11(12-6-4-5-7-14(12)24)26-15-8-17(23)27-20-13(15)9-25-28(20)21-19-18(16(10-29)30-21)31-22(2,3)32-19/h4-9,11,16,18-19,21,29H,10H2,1-3H3,(H,26,27)/t11?,16-,18-,19-,21-/m1/s1. The average Bonchev–Trinajstić information content (AvgIpc) is 3.38. The van der Waals surface area contributed by atoms with Crippen molar-refractivity contribution in [2.75, 3.05) is 11.9 Å². The first-order valence-corrected chi connectivity index (χ1v) is 10.8. The van der Waals surface area contributed by atoms with Crippen LogP contribution in [0.3, 0.4) is 0 Å². The molecule has 2 aliphatic heterocycles. The molecule has 0 saturated carbocycles. The van der Waals surface area contributed by atoms with Crippen molar-refractivity contribution in [3.05, 3.63) is 53.1 Å². The van der Waals surface area contributed by atoms with Crippen molar-refractivity contribution in [2.24, 2.45) is 0 Å². The molecular weight excluding hydrogens is 439 g/mol. The van der Waals surface area contributed by atoms with E-state index in [2.05, 4.69) is 15.4 Å². The van der Waals surface area contributed by atoms with Gasteiger partial charge in [-0.05, 0) is 32.9 Å². The molecule has 3 aromatic rings. The van der Waals surface area contributed by atoms with Gasteiger partial charge < -0.3 is 24.6 Å². The third-order valence-electron chi connectivity index (χ3n) is 5.83. The van der Waals surface area contributed by atoms with Crippen LogP contribution in [0.4, 0.5) is 10.1 Å². The fraction of sp³-hybridized carbons (Fsp3) is 0.455. The summed E-state index contributed by atoms with van der Waals surface area (Å²) < 4.78 is 33.8. The molecule has 4 heterocycles. The number of hydrogen-bond acceptors (Lipinski definition) is 7. The molecule has 170 valence electrons. The van der Waals surface area contributed by atoms with E-state index in [0.717, 1.165) is 0 Å². The lowest BCUT2D eigenvalue weighted by Crippen LogP contribution is -2.31. The van der Waals surface area contributed by atoms with E-state index in [1.54, 1.807) is 35.1 Å². The topological polar surface area (TPSA) is 90.7 Å². The van der Waals surface area contributed by atoms with E-state index in [0.29, 0.717) is 22.3 Å². The van der Waals surface area contributed by atoms with Gasteiger partial charge in [-0.2, -0.15) is 5.10 Å². The molecule has 32 heavy (non-hydrogen) atoms. The van der Waals surface area contributed by atoms with Gasteiger partial charge in [0.1, 0.15) is 29.3 Å². The number of aliphatic hydroxyl groups excluding tert-OH is 1. The van der Waals surface area contributed by atoms with Crippen LogP contribution in [0.2, 0.25) is 5.15 Å². The Hall–Kier alpha value is -2.30. The van der Waals surface area contributed by atoms with Crippen LogP contribution in [0.5, 0.6) is 0 Å². The largest absolute Gasteiger partial charge is 0.394 e. The van der Waals surface area contributed by atoms with Crippen LogP contribution in [0.1, 0.15) is 38.6 Å². The molecule has 5 rings (SSSR count). The molecule has 2 aromatic heterocycles. The summed E-state index contributed by atoms with van der Waals surface area (Å²) >= 11 is 6.33. The maximum Gasteiger partial charge on any atom is 0.181 e. The fourth-order valence-corrected chi connectivity index (χ4v) is 4.62. The van der Waals surface area contributed by atoms with Gasteiger partial charge >= 0.3 is 0 Å². The lowest BCUT2D eigenvalue weighted by Gasteiger charge is -2.24. The maximum atomic E-state index is 14.2. The summed E-state index contributed by atoms with van der Waals surface area (Å²) in [5.74, 6) is -1.10. The molecule has 1 unspecified atom stereocenters. The molecular formula is C22H24ClFN4O4. The number of hydrogen-bond donors (Lipinski definition) is 2. The van der Waals surface area contributed by atoms with Crippen molar-refractivity contribution < 1.29 is 23.7 Å². The van der Waals surface area contributed by atoms with E-state index in [4.69, 9.17) is 25.8 Å². The van der Waals surface area contributed by atoms with Gasteiger partial charge in [0.15, 0.2) is 17.7 Å². The molecule has 2 aliphatic rings. The Morgan fingerprint density at radius 1 is 1.28 bits per heavy atom. The van der Waals surface area contributed by atoms with E-state index in [1.807, 2.05) is 20.8 Å². The Balaban J connectivity index is 1.51. The van der Waals surface area contributed by atoms with E-state index < -0.39 is 30.3 Å². The van der Waals surface area contributed by atoms with Crippen molar-refractivity contribution in [3.63, 3.8) is 0 Å². The summed E-state index contributed by atoms with van der Waals surface area (Å²) in [5.41, 5.74) is 1.68. The molecule has 1 aromatic carbocycles. The first-order chi connectivity index (χ1) is 15.3. The van der Waals surface area contributed by atoms with Gasteiger partial charge in [-0.25, -0.2) is 14.1 Å². The number of ether oxygens (including phenoxy) is 3. The minimum Gasteiger partial charge on any atom is -0.394 e. The molecule has 2 saturated heterocycles. The van der Waals surface area contributed by atoms with Crippen molar-refractivity contribution in [1.82, 2.24) is 14.8 Å². The Morgan fingerprint density at radius 3 is 2.78 bits per heavy atom. The highest BCUT2D eigenvalue weighted by Crippen LogP contribution is 2.44. The van der Waals surface area contributed by atoms with Gasteiger partial charge in [-0.15, -0.1) is 0 Å². The summed E-state index contributed by atoms with van der Waals surface area (Å²) in [7, 11) is 0.